The van der Waals surface area contributed by atoms with Crippen LogP contribution >= 0.6 is 0 Å². The highest BCUT2D eigenvalue weighted by molar-refractivity contribution is 5.27. The van der Waals surface area contributed by atoms with Crippen molar-refractivity contribution in [2.24, 2.45) is 5.92 Å². The lowest BCUT2D eigenvalue weighted by molar-refractivity contribution is 0.332. The highest BCUT2D eigenvalue weighted by Gasteiger charge is 2.12. The first-order valence-corrected chi connectivity index (χ1v) is 7.60. The highest BCUT2D eigenvalue weighted by Crippen LogP contribution is 2.27. The quantitative estimate of drug-likeness (QED) is 0.687. The molecule has 0 unspecified atom stereocenters. The molecule has 100 valence electrons. The Hall–Kier alpha value is -0.980. The summed E-state index contributed by atoms with van der Waals surface area (Å²) in [5.74, 6) is 2.01. The Labute approximate surface area is 112 Å². The highest BCUT2D eigenvalue weighted by atomic mass is 16.5. The van der Waals surface area contributed by atoms with Crippen LogP contribution in [0.1, 0.15) is 57.4 Å². The van der Waals surface area contributed by atoms with Gasteiger partial charge >= 0.3 is 0 Å². The van der Waals surface area contributed by atoms with Gasteiger partial charge < -0.3 is 4.74 Å². The van der Waals surface area contributed by atoms with E-state index in [9.17, 15) is 0 Å². The molecule has 1 nitrogen and oxygen atoms in total. The molecule has 1 heteroatoms. The Morgan fingerprint density at radius 1 is 1.06 bits per heavy atom. The predicted molar refractivity (Wildman–Crippen MR) is 77.1 cm³/mol. The van der Waals surface area contributed by atoms with E-state index in [1.807, 2.05) is 6.92 Å². The minimum absolute atomic E-state index is 0.751. The van der Waals surface area contributed by atoms with Gasteiger partial charge in [-0.3, -0.25) is 0 Å². The first-order chi connectivity index (χ1) is 8.88. The zero-order valence-corrected chi connectivity index (χ0v) is 11.7. The van der Waals surface area contributed by atoms with Crippen molar-refractivity contribution in [2.45, 2.75) is 58.3 Å². The zero-order chi connectivity index (χ0) is 12.6. The van der Waals surface area contributed by atoms with Gasteiger partial charge in [-0.2, -0.15) is 0 Å². The Morgan fingerprint density at radius 3 is 2.44 bits per heavy atom. The molecular weight excluding hydrogens is 220 g/mol. The van der Waals surface area contributed by atoms with Crippen molar-refractivity contribution in [1.82, 2.24) is 0 Å². The van der Waals surface area contributed by atoms with Crippen LogP contribution < -0.4 is 4.74 Å². The van der Waals surface area contributed by atoms with Gasteiger partial charge in [0, 0.05) is 0 Å². The molecule has 0 aliphatic heterocycles. The van der Waals surface area contributed by atoms with Gasteiger partial charge in [0.05, 0.1) is 6.61 Å². The van der Waals surface area contributed by atoms with Gasteiger partial charge in [0.2, 0.25) is 0 Å². The summed E-state index contributed by atoms with van der Waals surface area (Å²) in [6.07, 6.45) is 11.3. The molecule has 0 aromatic heterocycles. The fraction of sp³-hybridized carbons (Fsp3) is 0.647. The molecule has 0 N–H and O–H groups in total. The fourth-order valence-electron chi connectivity index (χ4n) is 2.99. The Balaban J connectivity index is 1.69. The smallest absolute Gasteiger partial charge is 0.119 e. The molecule has 1 aromatic rings. The summed E-state index contributed by atoms with van der Waals surface area (Å²) in [7, 11) is 0. The Morgan fingerprint density at radius 2 is 1.78 bits per heavy atom. The van der Waals surface area contributed by atoms with Gasteiger partial charge in [0.25, 0.3) is 0 Å². The van der Waals surface area contributed by atoms with Crippen molar-refractivity contribution in [2.75, 3.05) is 6.61 Å². The SMILES string of the molecule is CCOc1ccc(CCCC2CCCCC2)cc1. The average Bonchev–Trinajstić information content (AvgIpc) is 2.42. The van der Waals surface area contributed by atoms with Crippen molar-refractivity contribution in [1.29, 1.82) is 0 Å². The van der Waals surface area contributed by atoms with Crippen LogP contribution in [0, 0.1) is 5.92 Å². The van der Waals surface area contributed by atoms with Crippen molar-refractivity contribution >= 4 is 0 Å². The largest absolute Gasteiger partial charge is 0.494 e. The van der Waals surface area contributed by atoms with E-state index in [1.54, 1.807) is 0 Å². The number of benzene rings is 1. The standard InChI is InChI=1S/C17H26O/c1-2-18-17-13-11-16(12-14-17)10-6-9-15-7-4-3-5-8-15/h11-15H,2-10H2,1H3. The summed E-state index contributed by atoms with van der Waals surface area (Å²) < 4.78 is 5.46. The van der Waals surface area contributed by atoms with Crippen LogP contribution in [0.4, 0.5) is 0 Å². The van der Waals surface area contributed by atoms with Crippen molar-refractivity contribution < 1.29 is 4.74 Å². The number of hydrogen-bond donors (Lipinski definition) is 0. The fourth-order valence-corrected chi connectivity index (χ4v) is 2.99. The third-order valence-electron chi connectivity index (χ3n) is 4.04. The van der Waals surface area contributed by atoms with E-state index in [2.05, 4.69) is 24.3 Å². The predicted octanol–water partition coefficient (Wildman–Crippen LogP) is 4.99. The molecule has 0 atom stereocenters. The topological polar surface area (TPSA) is 9.23 Å². The van der Waals surface area contributed by atoms with E-state index in [4.69, 9.17) is 4.74 Å². The van der Waals surface area contributed by atoms with Crippen LogP contribution in [-0.2, 0) is 6.42 Å². The second kappa shape index (κ2) is 7.45. The molecule has 0 bridgehead atoms. The average molecular weight is 246 g/mol. The molecule has 1 fully saturated rings. The lowest BCUT2D eigenvalue weighted by atomic mass is 9.85. The van der Waals surface area contributed by atoms with E-state index in [0.29, 0.717) is 0 Å². The van der Waals surface area contributed by atoms with E-state index in [0.717, 1.165) is 18.3 Å². The maximum atomic E-state index is 5.46. The molecular formula is C17H26O. The number of ether oxygens (including phenoxy) is 1. The molecule has 18 heavy (non-hydrogen) atoms. The Bertz CT molecular complexity index is 322. The third kappa shape index (κ3) is 4.36. The molecule has 0 amide bonds. The first kappa shape index (κ1) is 13.5. The Kier molecular flexibility index (Phi) is 5.57. The van der Waals surface area contributed by atoms with Crippen LogP contribution in [0.5, 0.6) is 5.75 Å². The summed E-state index contributed by atoms with van der Waals surface area (Å²) in [4.78, 5) is 0. The summed E-state index contributed by atoms with van der Waals surface area (Å²) >= 11 is 0. The molecule has 1 aliphatic rings. The molecule has 0 saturated heterocycles. The summed E-state index contributed by atoms with van der Waals surface area (Å²) in [6.45, 7) is 2.78. The van der Waals surface area contributed by atoms with Crippen molar-refractivity contribution in [3.63, 3.8) is 0 Å². The van der Waals surface area contributed by atoms with Crippen molar-refractivity contribution in [3.8, 4) is 5.75 Å². The van der Waals surface area contributed by atoms with Crippen LogP contribution in [0.3, 0.4) is 0 Å². The van der Waals surface area contributed by atoms with Crippen LogP contribution in [0.15, 0.2) is 24.3 Å². The maximum absolute atomic E-state index is 5.46. The second-order valence-corrected chi connectivity index (χ2v) is 5.47. The maximum Gasteiger partial charge on any atom is 0.119 e. The van der Waals surface area contributed by atoms with Crippen LogP contribution in [0.2, 0.25) is 0 Å². The summed E-state index contributed by atoms with van der Waals surface area (Å²) in [5, 5.41) is 0. The molecule has 0 radical (unpaired) electrons. The normalized spacial score (nSPS) is 16.7. The number of hydrogen-bond acceptors (Lipinski definition) is 1. The van der Waals surface area contributed by atoms with Gasteiger partial charge in [-0.05, 0) is 43.4 Å². The van der Waals surface area contributed by atoms with Gasteiger partial charge in [-0.25, -0.2) is 0 Å². The second-order valence-electron chi connectivity index (χ2n) is 5.47. The van der Waals surface area contributed by atoms with E-state index in [1.165, 1.54) is 56.9 Å². The summed E-state index contributed by atoms with van der Waals surface area (Å²) in [6, 6.07) is 8.62. The lowest BCUT2D eigenvalue weighted by Gasteiger charge is -2.21. The van der Waals surface area contributed by atoms with E-state index < -0.39 is 0 Å². The van der Waals surface area contributed by atoms with Gasteiger partial charge in [-0.15, -0.1) is 0 Å². The molecule has 0 heterocycles. The first-order valence-electron chi connectivity index (χ1n) is 7.60. The third-order valence-corrected chi connectivity index (χ3v) is 4.04. The van der Waals surface area contributed by atoms with Gasteiger partial charge in [-0.1, -0.05) is 50.7 Å². The van der Waals surface area contributed by atoms with E-state index >= 15 is 0 Å². The molecule has 2 rings (SSSR count). The number of rotatable bonds is 6. The van der Waals surface area contributed by atoms with Crippen molar-refractivity contribution in [3.05, 3.63) is 29.8 Å². The zero-order valence-electron chi connectivity index (χ0n) is 11.7. The minimum atomic E-state index is 0.751. The minimum Gasteiger partial charge on any atom is -0.494 e. The molecule has 1 aromatic carbocycles. The molecule has 1 saturated carbocycles. The monoisotopic (exact) mass is 246 g/mol. The van der Waals surface area contributed by atoms with Gasteiger partial charge in [0.1, 0.15) is 5.75 Å². The van der Waals surface area contributed by atoms with Crippen LogP contribution in [0.25, 0.3) is 0 Å². The molecule has 0 spiro atoms. The number of aryl methyl sites for hydroxylation is 1. The van der Waals surface area contributed by atoms with Gasteiger partial charge in [0.15, 0.2) is 0 Å². The lowest BCUT2D eigenvalue weighted by Crippen LogP contribution is -2.06. The van der Waals surface area contributed by atoms with Crippen LogP contribution in [-0.4, -0.2) is 6.61 Å². The molecule has 1 aliphatic carbocycles. The van der Waals surface area contributed by atoms with E-state index in [-0.39, 0.29) is 0 Å². The summed E-state index contributed by atoms with van der Waals surface area (Å²) in [5.41, 5.74) is 1.45.